The van der Waals surface area contributed by atoms with Crippen molar-refractivity contribution in [1.29, 1.82) is 0 Å². The maximum atomic E-state index is 14.7. The molecular weight excluding hydrogens is 646 g/mol. The molecule has 270 valence electrons. The monoisotopic (exact) mass is 695 g/mol. The van der Waals surface area contributed by atoms with Crippen molar-refractivity contribution in [2.24, 2.45) is 13.0 Å². The van der Waals surface area contributed by atoms with Gasteiger partial charge in [0, 0.05) is 26.1 Å². The number of amides is 2. The minimum Gasteiger partial charge on any atom is -0.493 e. The third-order valence-electron chi connectivity index (χ3n) is 10.6. The number of fused-ring (bicyclic) bond motifs is 4. The molecule has 0 saturated carbocycles. The SMILES string of the molecule is CC[C@@H](C)[C@H](Nc1ccc2c(cc1=O)[C@@H](NC(C)=O)CCc1cc(OC)c(OC)c(OC)c1-2)C(=O)N1CCCC[C@@H]1c1nc2ccccc2n1C. The number of rotatable bonds is 10. The van der Waals surface area contributed by atoms with Crippen molar-refractivity contribution in [2.45, 2.75) is 77.4 Å². The molecule has 1 aliphatic carbocycles. The van der Waals surface area contributed by atoms with Crippen LogP contribution in [0.1, 0.15) is 81.9 Å². The first-order valence-electron chi connectivity index (χ1n) is 17.9. The summed E-state index contributed by atoms with van der Waals surface area (Å²) < 4.78 is 19.4. The highest BCUT2D eigenvalue weighted by Gasteiger charge is 2.37. The number of carbonyl (C=O) groups is 2. The average molecular weight is 696 g/mol. The molecule has 11 nitrogen and oxygen atoms in total. The van der Waals surface area contributed by atoms with Gasteiger partial charge in [-0.15, -0.1) is 0 Å². The van der Waals surface area contributed by atoms with Crippen LogP contribution in [0, 0.1) is 5.92 Å². The third-order valence-corrected chi connectivity index (χ3v) is 10.6. The van der Waals surface area contributed by atoms with Crippen LogP contribution in [0.3, 0.4) is 0 Å². The van der Waals surface area contributed by atoms with Crippen molar-refractivity contribution < 1.29 is 23.8 Å². The first-order valence-corrected chi connectivity index (χ1v) is 17.9. The van der Waals surface area contributed by atoms with Gasteiger partial charge in [0.05, 0.1) is 50.1 Å². The van der Waals surface area contributed by atoms with Gasteiger partial charge in [0.15, 0.2) is 11.5 Å². The maximum absolute atomic E-state index is 14.7. The lowest BCUT2D eigenvalue weighted by Gasteiger charge is -2.39. The topological polar surface area (TPSA) is 124 Å². The summed E-state index contributed by atoms with van der Waals surface area (Å²) in [5.41, 5.74) is 5.07. The van der Waals surface area contributed by atoms with E-state index in [1.165, 1.54) is 6.92 Å². The van der Waals surface area contributed by atoms with Gasteiger partial charge in [-0.1, -0.05) is 38.5 Å². The Balaban J connectivity index is 1.44. The molecule has 1 aliphatic heterocycles. The number of para-hydroxylation sites is 2. The van der Waals surface area contributed by atoms with Crippen molar-refractivity contribution in [2.75, 3.05) is 33.2 Å². The molecule has 3 aromatic carbocycles. The van der Waals surface area contributed by atoms with Crippen molar-refractivity contribution in [3.05, 3.63) is 75.7 Å². The molecular formula is C40H49N5O6. The van der Waals surface area contributed by atoms with Crippen LogP contribution in [0.5, 0.6) is 17.2 Å². The van der Waals surface area contributed by atoms with E-state index < -0.39 is 12.1 Å². The zero-order valence-corrected chi connectivity index (χ0v) is 30.7. The summed E-state index contributed by atoms with van der Waals surface area (Å²) in [6.07, 6.45) is 4.60. The summed E-state index contributed by atoms with van der Waals surface area (Å²) in [5.74, 6) is 2.00. The highest BCUT2D eigenvalue weighted by Crippen LogP contribution is 2.50. The number of carbonyl (C=O) groups excluding carboxylic acids is 2. The summed E-state index contributed by atoms with van der Waals surface area (Å²) in [5, 5.41) is 6.48. The number of aromatic nitrogens is 2. The number of anilines is 1. The van der Waals surface area contributed by atoms with Gasteiger partial charge in [-0.2, -0.15) is 0 Å². The van der Waals surface area contributed by atoms with Gasteiger partial charge < -0.3 is 34.3 Å². The van der Waals surface area contributed by atoms with Gasteiger partial charge in [-0.05, 0) is 85.0 Å². The molecule has 11 heteroatoms. The predicted molar refractivity (Wildman–Crippen MR) is 199 cm³/mol. The Morgan fingerprint density at radius 3 is 2.45 bits per heavy atom. The quantitative estimate of drug-likeness (QED) is 0.197. The molecule has 4 atom stereocenters. The molecule has 51 heavy (non-hydrogen) atoms. The number of aryl methyl sites for hydroxylation is 2. The maximum Gasteiger partial charge on any atom is 0.245 e. The summed E-state index contributed by atoms with van der Waals surface area (Å²) in [6.45, 7) is 6.19. The van der Waals surface area contributed by atoms with E-state index in [1.807, 2.05) is 55.3 Å². The molecule has 0 unspecified atom stereocenters. The van der Waals surface area contributed by atoms with Gasteiger partial charge in [0.2, 0.25) is 23.0 Å². The van der Waals surface area contributed by atoms with E-state index in [4.69, 9.17) is 19.2 Å². The summed E-state index contributed by atoms with van der Waals surface area (Å²) in [7, 11) is 6.72. The molecule has 2 amide bonds. The van der Waals surface area contributed by atoms with Gasteiger partial charge in [0.1, 0.15) is 11.9 Å². The van der Waals surface area contributed by atoms with Crippen LogP contribution < -0.4 is 30.3 Å². The van der Waals surface area contributed by atoms with Crippen LogP contribution in [-0.2, 0) is 23.1 Å². The molecule has 6 rings (SSSR count). The Kier molecular flexibility index (Phi) is 10.5. The lowest BCUT2D eigenvalue weighted by Crippen LogP contribution is -2.50. The molecule has 2 heterocycles. The number of likely N-dealkylation sites (tertiary alicyclic amines) is 1. The Bertz CT molecular complexity index is 2010. The molecule has 0 bridgehead atoms. The molecule has 1 aromatic heterocycles. The lowest BCUT2D eigenvalue weighted by atomic mass is 9.94. The van der Waals surface area contributed by atoms with Crippen LogP contribution in [0.2, 0.25) is 0 Å². The van der Waals surface area contributed by atoms with E-state index >= 15 is 0 Å². The molecule has 0 spiro atoms. The average Bonchev–Trinajstić information content (AvgIpc) is 3.29. The van der Waals surface area contributed by atoms with Gasteiger partial charge in [0.25, 0.3) is 0 Å². The van der Waals surface area contributed by atoms with Crippen LogP contribution in [0.4, 0.5) is 5.69 Å². The molecule has 0 radical (unpaired) electrons. The van der Waals surface area contributed by atoms with Crippen molar-refractivity contribution in [1.82, 2.24) is 19.8 Å². The number of hydrogen-bond donors (Lipinski definition) is 2. The Labute approximate surface area is 299 Å². The second-order valence-corrected chi connectivity index (χ2v) is 13.7. The fourth-order valence-electron chi connectivity index (χ4n) is 7.78. The summed E-state index contributed by atoms with van der Waals surface area (Å²) in [6, 6.07) is 13.9. The number of nitrogens with zero attached hydrogens (tertiary/aromatic N) is 3. The van der Waals surface area contributed by atoms with Crippen LogP contribution in [0.25, 0.3) is 22.2 Å². The Hall–Kier alpha value is -5.06. The zero-order valence-electron chi connectivity index (χ0n) is 30.7. The number of imidazole rings is 1. The zero-order chi connectivity index (χ0) is 36.4. The van der Waals surface area contributed by atoms with E-state index in [-0.39, 0.29) is 29.2 Å². The number of hydrogen-bond acceptors (Lipinski definition) is 8. The number of methoxy groups -OCH3 is 3. The van der Waals surface area contributed by atoms with E-state index in [0.717, 1.165) is 59.2 Å². The van der Waals surface area contributed by atoms with Gasteiger partial charge >= 0.3 is 0 Å². The fraction of sp³-hybridized carbons (Fsp3) is 0.450. The number of nitrogens with one attached hydrogen (secondary N) is 2. The standard InChI is InChI=1S/C40H49N5O6/c1-8-23(2)36(40(48)45-20-12-11-15-32(45)39-43-29-13-9-10-14-31(29)44(39)4)42-30-19-17-26-27(22-33(30)47)28(41-24(3)46)18-16-25-21-34(49-5)37(50-6)38(51-7)35(25)26/h9-10,13-14,17,19,21-23,28,32,36H,8,11-12,15-16,18,20H2,1-7H3,(H,41,46)(H,42,47)/t23-,28+,32-,36+/m1/s1. The predicted octanol–water partition coefficient (Wildman–Crippen LogP) is 6.33. The molecule has 2 aliphatic rings. The molecule has 2 N–H and O–H groups in total. The van der Waals surface area contributed by atoms with Crippen LogP contribution in [0.15, 0.2) is 53.3 Å². The molecule has 1 fully saturated rings. The van der Waals surface area contributed by atoms with Crippen LogP contribution >= 0.6 is 0 Å². The van der Waals surface area contributed by atoms with E-state index in [1.54, 1.807) is 33.5 Å². The molecule has 1 saturated heterocycles. The van der Waals surface area contributed by atoms with E-state index in [0.29, 0.717) is 47.9 Å². The minimum absolute atomic E-state index is 0.0476. The van der Waals surface area contributed by atoms with Crippen molar-refractivity contribution in [3.63, 3.8) is 0 Å². The number of benzene rings is 2. The highest BCUT2D eigenvalue weighted by molar-refractivity contribution is 5.87. The normalized spacial score (nSPS) is 18.1. The number of piperidine rings is 1. The lowest BCUT2D eigenvalue weighted by molar-refractivity contribution is -0.137. The van der Waals surface area contributed by atoms with Crippen molar-refractivity contribution >= 4 is 28.5 Å². The number of ether oxygens (including phenoxy) is 3. The second-order valence-electron chi connectivity index (χ2n) is 13.7. The van der Waals surface area contributed by atoms with Gasteiger partial charge in [-0.3, -0.25) is 14.4 Å². The summed E-state index contributed by atoms with van der Waals surface area (Å²) >= 11 is 0. The van der Waals surface area contributed by atoms with E-state index in [2.05, 4.69) is 22.1 Å². The first kappa shape index (κ1) is 35.8. The fourth-order valence-corrected chi connectivity index (χ4v) is 7.78. The Morgan fingerprint density at radius 2 is 1.76 bits per heavy atom. The Morgan fingerprint density at radius 1 is 1.00 bits per heavy atom. The first-order chi connectivity index (χ1) is 24.6. The largest absolute Gasteiger partial charge is 0.493 e. The third kappa shape index (κ3) is 6.73. The van der Waals surface area contributed by atoms with Crippen molar-refractivity contribution in [3.8, 4) is 28.4 Å². The minimum atomic E-state index is -0.655. The smallest absolute Gasteiger partial charge is 0.245 e. The van der Waals surface area contributed by atoms with Crippen LogP contribution in [-0.4, -0.2) is 60.2 Å². The van der Waals surface area contributed by atoms with Gasteiger partial charge in [-0.25, -0.2) is 4.98 Å². The highest BCUT2D eigenvalue weighted by atomic mass is 16.5. The summed E-state index contributed by atoms with van der Waals surface area (Å²) in [4.78, 5) is 48.3. The van der Waals surface area contributed by atoms with E-state index in [9.17, 15) is 14.4 Å². The molecule has 4 aromatic rings. The second kappa shape index (κ2) is 15.0.